The molecule has 7 heteroatoms. The van der Waals surface area contributed by atoms with Gasteiger partial charge in [-0.1, -0.05) is 0 Å². The van der Waals surface area contributed by atoms with E-state index in [9.17, 15) is 9.90 Å². The van der Waals surface area contributed by atoms with Crippen LogP contribution < -0.4 is 6.15 Å². The third-order valence-corrected chi connectivity index (χ3v) is 2.28. The third kappa shape index (κ3) is 2.20. The van der Waals surface area contributed by atoms with E-state index in [-0.39, 0.29) is 6.15 Å². The molecule has 1 aliphatic rings. The molecule has 0 aromatic carbocycles. The van der Waals surface area contributed by atoms with Gasteiger partial charge in [-0.2, -0.15) is 0 Å². The van der Waals surface area contributed by atoms with E-state index in [1.807, 2.05) is 0 Å². The van der Waals surface area contributed by atoms with E-state index in [0.29, 0.717) is 0 Å². The van der Waals surface area contributed by atoms with Crippen molar-refractivity contribution in [3.8, 4) is 0 Å². The number of hydrogen-bond acceptors (Lipinski definition) is 6. The molecule has 0 radical (unpaired) electrons. The highest BCUT2D eigenvalue weighted by Crippen LogP contribution is 2.29. The van der Waals surface area contributed by atoms with Crippen LogP contribution in [-0.2, 0) is 4.79 Å². The quantitative estimate of drug-likeness (QED) is 0.287. The zero-order valence-corrected chi connectivity index (χ0v) is 7.50. The van der Waals surface area contributed by atoms with E-state index in [0.717, 1.165) is 0 Å². The lowest BCUT2D eigenvalue weighted by molar-refractivity contribution is -0.187. The SMILES string of the molecule is N.O=C(O)C1(O)CC(O)C(O)[C@H](O)C1. The number of carboxylic acids is 1. The lowest BCUT2D eigenvalue weighted by Gasteiger charge is -2.37. The van der Waals surface area contributed by atoms with Crippen LogP contribution in [0.1, 0.15) is 12.8 Å². The molecule has 0 aromatic heterocycles. The Balaban J connectivity index is 0.00000169. The number of carbonyl (C=O) groups is 1. The first-order chi connectivity index (χ1) is 5.87. The molecule has 0 bridgehead atoms. The van der Waals surface area contributed by atoms with Gasteiger partial charge in [-0.05, 0) is 0 Å². The van der Waals surface area contributed by atoms with Crippen LogP contribution in [0.5, 0.6) is 0 Å². The van der Waals surface area contributed by atoms with Gasteiger partial charge in [0.2, 0.25) is 0 Å². The van der Waals surface area contributed by atoms with Gasteiger partial charge < -0.3 is 31.7 Å². The van der Waals surface area contributed by atoms with Crippen LogP contribution >= 0.6 is 0 Å². The van der Waals surface area contributed by atoms with E-state index in [2.05, 4.69) is 0 Å². The van der Waals surface area contributed by atoms with Gasteiger partial charge in [0.25, 0.3) is 0 Å². The molecule has 14 heavy (non-hydrogen) atoms. The predicted molar refractivity (Wildman–Crippen MR) is 44.9 cm³/mol. The van der Waals surface area contributed by atoms with E-state index in [4.69, 9.17) is 20.4 Å². The monoisotopic (exact) mass is 209 g/mol. The Hall–Kier alpha value is -0.730. The van der Waals surface area contributed by atoms with Crippen LogP contribution in [0.25, 0.3) is 0 Å². The fourth-order valence-corrected chi connectivity index (χ4v) is 1.45. The van der Waals surface area contributed by atoms with Crippen molar-refractivity contribution in [2.24, 2.45) is 0 Å². The Bertz CT molecular complexity index is 208. The second-order valence-corrected chi connectivity index (χ2v) is 3.37. The minimum Gasteiger partial charge on any atom is -0.479 e. The van der Waals surface area contributed by atoms with Crippen molar-refractivity contribution in [3.63, 3.8) is 0 Å². The zero-order valence-electron chi connectivity index (χ0n) is 7.50. The lowest BCUT2D eigenvalue weighted by Crippen LogP contribution is -2.56. The van der Waals surface area contributed by atoms with Gasteiger partial charge in [-0.25, -0.2) is 4.79 Å². The van der Waals surface area contributed by atoms with Gasteiger partial charge in [0, 0.05) is 12.8 Å². The van der Waals surface area contributed by atoms with Crippen molar-refractivity contribution in [2.75, 3.05) is 0 Å². The fraction of sp³-hybridized carbons (Fsp3) is 0.857. The van der Waals surface area contributed by atoms with Gasteiger partial charge >= 0.3 is 5.97 Å². The van der Waals surface area contributed by atoms with Gasteiger partial charge in [-0.15, -0.1) is 0 Å². The van der Waals surface area contributed by atoms with Crippen LogP contribution in [-0.4, -0.2) is 55.4 Å². The first-order valence-electron chi connectivity index (χ1n) is 3.87. The molecule has 1 fully saturated rings. The second-order valence-electron chi connectivity index (χ2n) is 3.37. The first-order valence-corrected chi connectivity index (χ1v) is 3.87. The lowest BCUT2D eigenvalue weighted by atomic mass is 9.80. The molecule has 8 N–H and O–H groups in total. The van der Waals surface area contributed by atoms with Crippen LogP contribution in [0.4, 0.5) is 0 Å². The van der Waals surface area contributed by atoms with Gasteiger partial charge in [0.1, 0.15) is 6.10 Å². The van der Waals surface area contributed by atoms with E-state index in [1.165, 1.54) is 0 Å². The Labute approximate surface area is 80.2 Å². The average Bonchev–Trinajstić information content (AvgIpc) is 2.00. The second kappa shape index (κ2) is 4.20. The van der Waals surface area contributed by atoms with Crippen LogP contribution in [0, 0.1) is 0 Å². The number of rotatable bonds is 1. The summed E-state index contributed by atoms with van der Waals surface area (Å²) in [6, 6.07) is 0. The number of hydrogen-bond donors (Lipinski definition) is 6. The van der Waals surface area contributed by atoms with Crippen molar-refractivity contribution < 1.29 is 30.3 Å². The topological polar surface area (TPSA) is 153 Å². The highest BCUT2D eigenvalue weighted by Gasteiger charge is 2.48. The Morgan fingerprint density at radius 1 is 1.14 bits per heavy atom. The maximum atomic E-state index is 10.5. The summed E-state index contributed by atoms with van der Waals surface area (Å²) >= 11 is 0. The van der Waals surface area contributed by atoms with E-state index >= 15 is 0 Å². The van der Waals surface area contributed by atoms with Crippen molar-refractivity contribution in [1.82, 2.24) is 6.15 Å². The molecule has 0 aromatic rings. The summed E-state index contributed by atoms with van der Waals surface area (Å²) in [6.07, 6.45) is -5.16. The molecule has 7 nitrogen and oxygen atoms in total. The summed E-state index contributed by atoms with van der Waals surface area (Å²) in [5.74, 6) is -1.50. The molecule has 0 saturated heterocycles. The molecule has 1 saturated carbocycles. The Morgan fingerprint density at radius 3 is 1.79 bits per heavy atom. The normalized spacial score (nSPS) is 42.7. The minimum atomic E-state index is -2.14. The van der Waals surface area contributed by atoms with Gasteiger partial charge in [-0.3, -0.25) is 0 Å². The van der Waals surface area contributed by atoms with Gasteiger partial charge in [0.05, 0.1) is 12.2 Å². The maximum Gasteiger partial charge on any atom is 0.335 e. The van der Waals surface area contributed by atoms with E-state index < -0.39 is 42.7 Å². The number of aliphatic hydroxyl groups excluding tert-OH is 3. The van der Waals surface area contributed by atoms with E-state index in [1.54, 1.807) is 0 Å². The molecule has 1 rings (SSSR count). The van der Waals surface area contributed by atoms with Crippen LogP contribution in [0.2, 0.25) is 0 Å². The highest BCUT2D eigenvalue weighted by atomic mass is 16.4. The zero-order chi connectivity index (χ0) is 10.2. The van der Waals surface area contributed by atoms with Crippen molar-refractivity contribution in [2.45, 2.75) is 36.8 Å². The summed E-state index contributed by atoms with van der Waals surface area (Å²) in [7, 11) is 0. The highest BCUT2D eigenvalue weighted by molar-refractivity contribution is 5.77. The summed E-state index contributed by atoms with van der Waals surface area (Å²) in [5.41, 5.74) is -2.14. The molecule has 4 atom stereocenters. The molecule has 84 valence electrons. The standard InChI is InChI=1S/C7H12O6.H3N/c8-3-1-7(13,6(11)12)2-4(9)5(3)10;/h3-5,8-10,13H,1-2H2,(H,11,12);1H3/t3-,4?,5?,7?;/m1./s1. The Kier molecular flexibility index (Phi) is 3.98. The first kappa shape index (κ1) is 13.3. The van der Waals surface area contributed by atoms with Crippen molar-refractivity contribution >= 4 is 5.97 Å². The molecular formula is C7H15NO6. The largest absolute Gasteiger partial charge is 0.479 e. The van der Waals surface area contributed by atoms with Crippen molar-refractivity contribution in [3.05, 3.63) is 0 Å². The molecule has 1 aliphatic carbocycles. The molecule has 0 spiro atoms. The Morgan fingerprint density at radius 2 is 1.50 bits per heavy atom. The fourth-order valence-electron chi connectivity index (χ4n) is 1.45. The van der Waals surface area contributed by atoms with Crippen LogP contribution in [0.15, 0.2) is 0 Å². The number of aliphatic carboxylic acids is 1. The molecule has 0 heterocycles. The molecule has 0 aliphatic heterocycles. The number of carboxylic acid groups (broad SMARTS) is 1. The smallest absolute Gasteiger partial charge is 0.335 e. The maximum absolute atomic E-state index is 10.5. The summed E-state index contributed by atoms with van der Waals surface area (Å²) in [4.78, 5) is 10.5. The summed E-state index contributed by atoms with van der Waals surface area (Å²) in [6.45, 7) is 0. The molecule has 3 unspecified atom stereocenters. The molecule has 0 amide bonds. The average molecular weight is 209 g/mol. The molecular weight excluding hydrogens is 194 g/mol. The summed E-state index contributed by atoms with van der Waals surface area (Å²) in [5, 5.41) is 45.2. The predicted octanol–water partition coefficient (Wildman–Crippen LogP) is -2.16. The van der Waals surface area contributed by atoms with Gasteiger partial charge in [0.15, 0.2) is 5.60 Å². The van der Waals surface area contributed by atoms with Crippen LogP contribution in [0.3, 0.4) is 0 Å². The van der Waals surface area contributed by atoms with Crippen molar-refractivity contribution in [1.29, 1.82) is 0 Å². The minimum absolute atomic E-state index is 0. The third-order valence-electron chi connectivity index (χ3n) is 2.28. The summed E-state index contributed by atoms with van der Waals surface area (Å²) < 4.78 is 0. The number of aliphatic hydroxyl groups is 4.